The van der Waals surface area contributed by atoms with Gasteiger partial charge in [0, 0.05) is 4.88 Å². The third-order valence-electron chi connectivity index (χ3n) is 3.90. The minimum Gasteiger partial charge on any atom is -0.323 e. The number of aromatic amines is 1. The molecule has 0 amide bonds. The van der Waals surface area contributed by atoms with E-state index in [2.05, 4.69) is 4.98 Å². The molecule has 1 aromatic carbocycles. The van der Waals surface area contributed by atoms with Gasteiger partial charge in [-0.2, -0.15) is 0 Å². The van der Waals surface area contributed by atoms with Crippen LogP contribution in [0, 0.1) is 25.5 Å². The number of benzene rings is 1. The molecule has 3 rings (SSSR count). The second-order valence-electron chi connectivity index (χ2n) is 5.24. The van der Waals surface area contributed by atoms with Crippen LogP contribution in [0.3, 0.4) is 0 Å². The van der Waals surface area contributed by atoms with E-state index in [-0.39, 0.29) is 5.56 Å². The predicted molar refractivity (Wildman–Crippen MR) is 91.0 cm³/mol. The summed E-state index contributed by atoms with van der Waals surface area (Å²) in [6.07, 6.45) is 0. The lowest BCUT2D eigenvalue weighted by molar-refractivity contribution is 0.731. The van der Waals surface area contributed by atoms with Gasteiger partial charge >= 0.3 is 0 Å². The Morgan fingerprint density at radius 1 is 1.24 bits per heavy atom. The van der Waals surface area contributed by atoms with Gasteiger partial charge in [-0.15, -0.1) is 11.3 Å². The number of nitrogens with one attached hydrogen (secondary N) is 1. The number of fused-ring (bicyclic) bond motifs is 1. The summed E-state index contributed by atoms with van der Waals surface area (Å²) in [5.74, 6) is 0. The van der Waals surface area contributed by atoms with E-state index in [0.29, 0.717) is 11.3 Å². The summed E-state index contributed by atoms with van der Waals surface area (Å²) in [4.78, 5) is 18.0. The summed E-state index contributed by atoms with van der Waals surface area (Å²) >= 11 is 6.97. The van der Waals surface area contributed by atoms with Gasteiger partial charge in [0.25, 0.3) is 5.56 Å². The zero-order chi connectivity index (χ0) is 15.1. The average molecular weight is 316 g/mol. The highest BCUT2D eigenvalue weighted by Gasteiger charge is 2.13. The first kappa shape index (κ1) is 14.2. The molecule has 3 nitrogen and oxygen atoms in total. The van der Waals surface area contributed by atoms with E-state index in [1.54, 1.807) is 15.9 Å². The highest BCUT2D eigenvalue weighted by atomic mass is 32.1. The van der Waals surface area contributed by atoms with Gasteiger partial charge in [-0.3, -0.25) is 9.36 Å². The highest BCUT2D eigenvalue weighted by molar-refractivity contribution is 7.71. The number of hydrogen-bond acceptors (Lipinski definition) is 3. The quantitative estimate of drug-likeness (QED) is 0.723. The molecule has 3 aromatic rings. The highest BCUT2D eigenvalue weighted by Crippen LogP contribution is 2.25. The van der Waals surface area contributed by atoms with Crippen LogP contribution in [0.25, 0.3) is 10.2 Å². The van der Waals surface area contributed by atoms with Gasteiger partial charge in [0.1, 0.15) is 4.83 Å². The molecule has 0 radical (unpaired) electrons. The molecule has 2 heterocycles. The summed E-state index contributed by atoms with van der Waals surface area (Å²) in [6, 6.07) is 8.06. The first-order chi connectivity index (χ1) is 9.99. The van der Waals surface area contributed by atoms with Gasteiger partial charge < -0.3 is 4.98 Å². The molecule has 0 aliphatic carbocycles. The van der Waals surface area contributed by atoms with E-state index in [1.807, 2.05) is 45.0 Å². The molecule has 2 aromatic heterocycles. The summed E-state index contributed by atoms with van der Waals surface area (Å²) in [5.41, 5.74) is 3.32. The van der Waals surface area contributed by atoms with Crippen LogP contribution in [0.4, 0.5) is 0 Å². The number of aromatic nitrogens is 2. The van der Waals surface area contributed by atoms with Crippen LogP contribution in [-0.2, 0) is 6.54 Å². The largest absolute Gasteiger partial charge is 0.323 e. The van der Waals surface area contributed by atoms with Crippen molar-refractivity contribution in [3.05, 3.63) is 61.0 Å². The van der Waals surface area contributed by atoms with E-state index in [4.69, 9.17) is 12.2 Å². The topological polar surface area (TPSA) is 37.8 Å². The summed E-state index contributed by atoms with van der Waals surface area (Å²) in [7, 11) is 0. The fraction of sp³-hybridized carbons (Fsp3) is 0.250. The van der Waals surface area contributed by atoms with Crippen LogP contribution in [0.15, 0.2) is 29.1 Å². The van der Waals surface area contributed by atoms with Crippen molar-refractivity contribution in [1.29, 1.82) is 0 Å². The number of nitrogens with zero attached hydrogens (tertiary/aromatic N) is 1. The van der Waals surface area contributed by atoms with E-state index in [0.717, 1.165) is 31.8 Å². The third-order valence-corrected chi connectivity index (χ3v) is 5.34. The maximum Gasteiger partial charge on any atom is 0.263 e. The molecule has 0 saturated carbocycles. The molecule has 0 bridgehead atoms. The second-order valence-corrected chi connectivity index (χ2v) is 6.85. The van der Waals surface area contributed by atoms with Crippen LogP contribution >= 0.6 is 23.6 Å². The number of rotatable bonds is 2. The van der Waals surface area contributed by atoms with Crippen LogP contribution in [0.1, 0.15) is 21.6 Å². The fourth-order valence-corrected chi connectivity index (χ4v) is 3.83. The Kier molecular flexibility index (Phi) is 3.55. The maximum absolute atomic E-state index is 12.8. The zero-order valence-electron chi connectivity index (χ0n) is 12.2. The number of H-pyrrole nitrogens is 1. The van der Waals surface area contributed by atoms with Crippen molar-refractivity contribution >= 4 is 33.8 Å². The molecule has 0 aliphatic heterocycles. The second kappa shape index (κ2) is 5.24. The minimum atomic E-state index is -0.00106. The number of aryl methyl sites for hydroxylation is 3. The average Bonchev–Trinajstić information content (AvgIpc) is 2.72. The van der Waals surface area contributed by atoms with Gasteiger partial charge in [-0.25, -0.2) is 0 Å². The van der Waals surface area contributed by atoms with Crippen LogP contribution in [0.5, 0.6) is 0 Å². The Hall–Kier alpha value is -1.72. The van der Waals surface area contributed by atoms with Crippen LogP contribution in [-0.4, -0.2) is 9.55 Å². The molecule has 0 spiro atoms. The van der Waals surface area contributed by atoms with E-state index in [1.165, 1.54) is 0 Å². The van der Waals surface area contributed by atoms with Crippen molar-refractivity contribution in [1.82, 2.24) is 9.55 Å². The van der Waals surface area contributed by atoms with Gasteiger partial charge in [0.05, 0.1) is 11.9 Å². The standard InChI is InChI=1S/C16H16N2OS2/c1-9-6-4-5-7-12(9)8-18-15(19)13-10(2)11(3)21-14(13)17-16(18)20/h4-7H,8H2,1-3H3,(H,17,20). The van der Waals surface area contributed by atoms with Gasteiger partial charge in [0.15, 0.2) is 4.77 Å². The molecular weight excluding hydrogens is 300 g/mol. The van der Waals surface area contributed by atoms with Crippen LogP contribution in [0.2, 0.25) is 0 Å². The number of thiophene rings is 1. The predicted octanol–water partition coefficient (Wildman–Crippen LogP) is 4.09. The van der Waals surface area contributed by atoms with E-state index < -0.39 is 0 Å². The molecule has 0 fully saturated rings. The molecule has 21 heavy (non-hydrogen) atoms. The normalized spacial score (nSPS) is 11.2. The Morgan fingerprint density at radius 2 is 1.95 bits per heavy atom. The lowest BCUT2D eigenvalue weighted by atomic mass is 10.1. The molecule has 0 saturated heterocycles. The minimum absolute atomic E-state index is 0.00106. The molecular formula is C16H16N2OS2. The third kappa shape index (κ3) is 2.36. The monoisotopic (exact) mass is 316 g/mol. The van der Waals surface area contributed by atoms with Gasteiger partial charge in [0.2, 0.25) is 0 Å². The molecule has 0 atom stereocenters. The maximum atomic E-state index is 12.8. The van der Waals surface area contributed by atoms with Crippen molar-refractivity contribution < 1.29 is 0 Å². The summed E-state index contributed by atoms with van der Waals surface area (Å²) in [6.45, 7) is 6.57. The lowest BCUT2D eigenvalue weighted by Crippen LogP contribution is -2.23. The lowest BCUT2D eigenvalue weighted by Gasteiger charge is -2.09. The van der Waals surface area contributed by atoms with Crippen molar-refractivity contribution in [3.63, 3.8) is 0 Å². The molecule has 1 N–H and O–H groups in total. The van der Waals surface area contributed by atoms with E-state index >= 15 is 0 Å². The van der Waals surface area contributed by atoms with Gasteiger partial charge in [-0.1, -0.05) is 24.3 Å². The zero-order valence-corrected chi connectivity index (χ0v) is 13.8. The molecule has 5 heteroatoms. The Morgan fingerprint density at radius 3 is 2.67 bits per heavy atom. The Bertz CT molecular complexity index is 947. The van der Waals surface area contributed by atoms with Crippen molar-refractivity contribution in [2.45, 2.75) is 27.3 Å². The first-order valence-corrected chi connectivity index (χ1v) is 7.99. The molecule has 108 valence electrons. The van der Waals surface area contributed by atoms with Crippen molar-refractivity contribution in [3.8, 4) is 0 Å². The Labute approximate surface area is 131 Å². The van der Waals surface area contributed by atoms with Crippen molar-refractivity contribution in [2.24, 2.45) is 0 Å². The summed E-state index contributed by atoms with van der Waals surface area (Å²) < 4.78 is 2.14. The van der Waals surface area contributed by atoms with Gasteiger partial charge in [-0.05, 0) is 49.7 Å². The van der Waals surface area contributed by atoms with Crippen LogP contribution < -0.4 is 5.56 Å². The Balaban J connectivity index is 2.24. The van der Waals surface area contributed by atoms with E-state index in [9.17, 15) is 4.79 Å². The smallest absolute Gasteiger partial charge is 0.263 e. The van der Waals surface area contributed by atoms with Crippen molar-refractivity contribution in [2.75, 3.05) is 0 Å². The first-order valence-electron chi connectivity index (χ1n) is 6.76. The SMILES string of the molecule is Cc1ccccc1Cn1c(=S)[nH]c2sc(C)c(C)c2c1=O. The summed E-state index contributed by atoms with van der Waals surface area (Å²) in [5, 5.41) is 0.764. The fourth-order valence-electron chi connectivity index (χ4n) is 2.47. The number of hydrogen-bond donors (Lipinski definition) is 1. The molecule has 0 aliphatic rings. The molecule has 0 unspecified atom stereocenters.